The minimum Gasteiger partial charge on any atom is -0.482 e. The predicted molar refractivity (Wildman–Crippen MR) is 93.8 cm³/mol. The number of carboxylic acid groups (broad SMARTS) is 1. The van der Waals surface area contributed by atoms with Crippen molar-refractivity contribution in [1.82, 2.24) is 4.90 Å². The molecule has 0 radical (unpaired) electrons. The summed E-state index contributed by atoms with van der Waals surface area (Å²) in [6.45, 7) is 0.133. The molecule has 1 fully saturated rings. The molecule has 0 bridgehead atoms. The molecule has 0 aliphatic carbocycles. The average Bonchev–Trinajstić information content (AvgIpc) is 3.07. The number of halogens is 2. The maximum absolute atomic E-state index is 13.0. The van der Waals surface area contributed by atoms with Crippen LogP contribution in [0.1, 0.15) is 11.5 Å². The molecular formula is C19H17ClFNO4. The van der Waals surface area contributed by atoms with E-state index in [0.717, 1.165) is 11.6 Å². The molecule has 1 aliphatic rings. The van der Waals surface area contributed by atoms with Gasteiger partial charge in [0.15, 0.2) is 6.61 Å². The van der Waals surface area contributed by atoms with Gasteiger partial charge in [0, 0.05) is 19.0 Å². The Labute approximate surface area is 154 Å². The summed E-state index contributed by atoms with van der Waals surface area (Å²) in [5.41, 5.74) is 0.887. The van der Waals surface area contributed by atoms with E-state index in [1.54, 1.807) is 0 Å². The number of aliphatic carboxylic acids is 1. The highest BCUT2D eigenvalue weighted by molar-refractivity contribution is 6.32. The van der Waals surface area contributed by atoms with Crippen LogP contribution in [0.3, 0.4) is 0 Å². The SMILES string of the molecule is O=C(O)[C@@H]1CN(C(=O)COc2ccc(F)cc2Cl)C[C@@H]1c1ccccc1. The lowest BCUT2D eigenvalue weighted by Crippen LogP contribution is -2.33. The number of benzene rings is 2. The van der Waals surface area contributed by atoms with Crippen molar-refractivity contribution in [3.05, 3.63) is 64.9 Å². The summed E-state index contributed by atoms with van der Waals surface area (Å²) in [6, 6.07) is 12.9. The average molecular weight is 378 g/mol. The number of rotatable bonds is 5. The predicted octanol–water partition coefficient (Wildman–Crippen LogP) is 3.18. The molecule has 0 aromatic heterocycles. The molecule has 5 nitrogen and oxygen atoms in total. The zero-order chi connectivity index (χ0) is 18.7. The molecule has 0 unspecified atom stereocenters. The van der Waals surface area contributed by atoms with Crippen LogP contribution < -0.4 is 4.74 Å². The summed E-state index contributed by atoms with van der Waals surface area (Å²) in [5.74, 6) is -2.51. The molecule has 1 amide bonds. The number of hydrogen-bond donors (Lipinski definition) is 1. The molecular weight excluding hydrogens is 361 g/mol. The zero-order valence-electron chi connectivity index (χ0n) is 13.8. The first-order valence-electron chi connectivity index (χ1n) is 8.09. The van der Waals surface area contributed by atoms with E-state index in [1.807, 2.05) is 30.3 Å². The molecule has 2 atom stereocenters. The summed E-state index contributed by atoms with van der Waals surface area (Å²) >= 11 is 5.87. The minimum atomic E-state index is -0.934. The van der Waals surface area contributed by atoms with Gasteiger partial charge < -0.3 is 14.7 Å². The molecule has 7 heteroatoms. The monoisotopic (exact) mass is 377 g/mol. The molecule has 136 valence electrons. The zero-order valence-corrected chi connectivity index (χ0v) is 14.5. The first kappa shape index (κ1) is 18.2. The summed E-state index contributed by atoms with van der Waals surface area (Å²) in [7, 11) is 0. The summed E-state index contributed by atoms with van der Waals surface area (Å²) in [6.07, 6.45) is 0. The Balaban J connectivity index is 1.67. The number of nitrogens with zero attached hydrogens (tertiary/aromatic N) is 1. The van der Waals surface area contributed by atoms with Gasteiger partial charge in [0.05, 0.1) is 10.9 Å². The standard InChI is InChI=1S/C19H17ClFNO4/c20-16-8-13(21)6-7-17(16)26-11-18(23)22-9-14(15(10-22)19(24)25)12-4-2-1-3-5-12/h1-8,14-15H,9-11H2,(H,24,25)/t14-,15-/m1/s1. The van der Waals surface area contributed by atoms with Crippen LogP contribution in [0, 0.1) is 11.7 Å². The molecule has 26 heavy (non-hydrogen) atoms. The Kier molecular flexibility index (Phi) is 5.42. The minimum absolute atomic E-state index is 0.0739. The Bertz CT molecular complexity index is 814. The molecule has 0 spiro atoms. The van der Waals surface area contributed by atoms with Crippen molar-refractivity contribution in [2.75, 3.05) is 19.7 Å². The number of ether oxygens (including phenoxy) is 1. The van der Waals surface area contributed by atoms with Crippen LogP contribution in [0.4, 0.5) is 4.39 Å². The topological polar surface area (TPSA) is 66.8 Å². The van der Waals surface area contributed by atoms with Gasteiger partial charge in [0.1, 0.15) is 11.6 Å². The normalized spacial score (nSPS) is 19.4. The third kappa shape index (κ3) is 3.96. The third-order valence-corrected chi connectivity index (χ3v) is 4.76. The van der Waals surface area contributed by atoms with Crippen molar-refractivity contribution < 1.29 is 23.8 Å². The fourth-order valence-electron chi connectivity index (χ4n) is 3.12. The number of likely N-dealkylation sites (tertiary alicyclic amines) is 1. The van der Waals surface area contributed by atoms with E-state index >= 15 is 0 Å². The molecule has 1 aliphatic heterocycles. The molecule has 2 aromatic rings. The van der Waals surface area contributed by atoms with E-state index in [9.17, 15) is 19.1 Å². The quantitative estimate of drug-likeness (QED) is 0.869. The van der Waals surface area contributed by atoms with Crippen LogP contribution in [-0.4, -0.2) is 41.6 Å². The maximum atomic E-state index is 13.0. The molecule has 1 heterocycles. The molecule has 2 aromatic carbocycles. The van der Waals surface area contributed by atoms with Gasteiger partial charge >= 0.3 is 5.97 Å². The van der Waals surface area contributed by atoms with Crippen molar-refractivity contribution >= 4 is 23.5 Å². The summed E-state index contributed by atoms with van der Waals surface area (Å²) < 4.78 is 18.4. The maximum Gasteiger partial charge on any atom is 0.308 e. The summed E-state index contributed by atoms with van der Waals surface area (Å²) in [5, 5.41) is 9.57. The largest absolute Gasteiger partial charge is 0.482 e. The number of carbonyl (C=O) groups excluding carboxylic acids is 1. The molecule has 3 rings (SSSR count). The summed E-state index contributed by atoms with van der Waals surface area (Å²) in [4.78, 5) is 25.5. The fraction of sp³-hybridized carbons (Fsp3) is 0.263. The van der Waals surface area contributed by atoms with Crippen molar-refractivity contribution in [3.63, 3.8) is 0 Å². The van der Waals surface area contributed by atoms with E-state index in [4.69, 9.17) is 16.3 Å². The lowest BCUT2D eigenvalue weighted by molar-refractivity contribution is -0.142. The second kappa shape index (κ2) is 7.74. The Morgan fingerprint density at radius 1 is 1.19 bits per heavy atom. The van der Waals surface area contributed by atoms with Gasteiger partial charge in [-0.3, -0.25) is 9.59 Å². The van der Waals surface area contributed by atoms with Gasteiger partial charge in [-0.25, -0.2) is 4.39 Å². The number of carboxylic acids is 1. The van der Waals surface area contributed by atoms with E-state index in [0.29, 0.717) is 6.54 Å². The van der Waals surface area contributed by atoms with Crippen LogP contribution in [0.15, 0.2) is 48.5 Å². The molecule has 1 N–H and O–H groups in total. The van der Waals surface area contributed by atoms with Gasteiger partial charge in [-0.1, -0.05) is 41.9 Å². The van der Waals surface area contributed by atoms with Crippen molar-refractivity contribution in [2.24, 2.45) is 5.92 Å². The highest BCUT2D eigenvalue weighted by atomic mass is 35.5. The van der Waals surface area contributed by atoms with Crippen LogP contribution in [0.25, 0.3) is 0 Å². The number of carbonyl (C=O) groups is 2. The third-order valence-electron chi connectivity index (χ3n) is 4.46. The van der Waals surface area contributed by atoms with Gasteiger partial charge in [0.2, 0.25) is 0 Å². The van der Waals surface area contributed by atoms with Gasteiger partial charge in [-0.05, 0) is 23.8 Å². The Morgan fingerprint density at radius 2 is 1.92 bits per heavy atom. The lowest BCUT2D eigenvalue weighted by atomic mass is 9.89. The van der Waals surface area contributed by atoms with Crippen molar-refractivity contribution in [1.29, 1.82) is 0 Å². The van der Waals surface area contributed by atoms with E-state index in [1.165, 1.54) is 17.0 Å². The molecule has 1 saturated heterocycles. The fourth-order valence-corrected chi connectivity index (χ4v) is 3.34. The van der Waals surface area contributed by atoms with Crippen molar-refractivity contribution in [3.8, 4) is 5.75 Å². The highest BCUT2D eigenvalue weighted by Crippen LogP contribution is 2.33. The second-order valence-electron chi connectivity index (χ2n) is 6.12. The lowest BCUT2D eigenvalue weighted by Gasteiger charge is -2.17. The first-order chi connectivity index (χ1) is 12.5. The number of amides is 1. The van der Waals surface area contributed by atoms with Crippen LogP contribution >= 0.6 is 11.6 Å². The van der Waals surface area contributed by atoms with E-state index in [-0.39, 0.29) is 35.7 Å². The van der Waals surface area contributed by atoms with Crippen molar-refractivity contribution in [2.45, 2.75) is 5.92 Å². The Hall–Kier alpha value is -2.60. The van der Waals surface area contributed by atoms with Gasteiger partial charge in [-0.2, -0.15) is 0 Å². The van der Waals surface area contributed by atoms with Crippen LogP contribution in [0.5, 0.6) is 5.75 Å². The van der Waals surface area contributed by atoms with E-state index < -0.39 is 17.7 Å². The smallest absolute Gasteiger partial charge is 0.308 e. The van der Waals surface area contributed by atoms with E-state index in [2.05, 4.69) is 0 Å². The van der Waals surface area contributed by atoms with Crippen LogP contribution in [0.2, 0.25) is 5.02 Å². The molecule has 0 saturated carbocycles. The second-order valence-corrected chi connectivity index (χ2v) is 6.53. The first-order valence-corrected chi connectivity index (χ1v) is 8.47. The highest BCUT2D eigenvalue weighted by Gasteiger charge is 2.40. The van der Waals surface area contributed by atoms with Crippen LogP contribution in [-0.2, 0) is 9.59 Å². The number of hydrogen-bond acceptors (Lipinski definition) is 3. The van der Waals surface area contributed by atoms with Gasteiger partial charge in [-0.15, -0.1) is 0 Å². The Morgan fingerprint density at radius 3 is 2.58 bits per heavy atom. The van der Waals surface area contributed by atoms with Gasteiger partial charge in [0.25, 0.3) is 5.91 Å².